The van der Waals surface area contributed by atoms with E-state index >= 15 is 0 Å². The van der Waals surface area contributed by atoms with Crippen molar-refractivity contribution in [2.75, 3.05) is 0 Å². The maximum absolute atomic E-state index is 6.35. The van der Waals surface area contributed by atoms with Crippen LogP contribution in [0.3, 0.4) is 0 Å². The summed E-state index contributed by atoms with van der Waals surface area (Å²) in [6.45, 7) is 2.24. The minimum Gasteiger partial charge on any atom is -0.146 e. The molecule has 0 spiro atoms. The fourth-order valence-electron chi connectivity index (χ4n) is 6.23. The number of unbranched alkanes of at least 4 members (excludes halogenated alkanes) is 31. The van der Waals surface area contributed by atoms with Crippen molar-refractivity contribution >= 4 is 40.5 Å². The summed E-state index contributed by atoms with van der Waals surface area (Å²) in [6.07, 6.45) is 47.4. The van der Waals surface area contributed by atoms with Crippen LogP contribution in [-0.2, 0) is 0 Å². The molecular weight excluding hydrogens is 579 g/mol. The van der Waals surface area contributed by atoms with Crippen LogP contribution < -0.4 is 0 Å². The smallest absolute Gasteiger partial charge is 0.146 e. The summed E-state index contributed by atoms with van der Waals surface area (Å²) in [4.78, 5) is 0. The molecule has 0 fully saturated rings. The molecule has 41 heavy (non-hydrogen) atoms. The normalized spacial score (nSPS) is 12.8. The third-order valence-electron chi connectivity index (χ3n) is 8.95. The molecule has 1 atom stereocenters. The van der Waals surface area contributed by atoms with Crippen molar-refractivity contribution in [2.45, 2.75) is 237 Å². The van der Waals surface area contributed by atoms with Gasteiger partial charge in [0.05, 0.1) is 0 Å². The van der Waals surface area contributed by atoms with Crippen molar-refractivity contribution in [3.63, 3.8) is 0 Å². The SMILES string of the molecule is CCCCCCCCCCCCCCCCCCCCCCCCCCCCCCCCCCC(Cl)C[Si](C)(Cl)Cl. The van der Waals surface area contributed by atoms with Gasteiger partial charge in [-0.25, -0.2) is 0 Å². The van der Waals surface area contributed by atoms with Crippen LogP contribution in [-0.4, -0.2) is 12.1 Å². The Kier molecular flexibility index (Phi) is 34.9. The second-order valence-corrected chi connectivity index (χ2v) is 22.4. The first-order chi connectivity index (χ1) is 20.0. The van der Waals surface area contributed by atoms with Crippen molar-refractivity contribution in [1.29, 1.82) is 0 Å². The van der Waals surface area contributed by atoms with Crippen LogP contribution in [0.2, 0.25) is 12.6 Å². The maximum atomic E-state index is 6.35. The molecule has 0 N–H and O–H groups in total. The minimum absolute atomic E-state index is 0.176. The van der Waals surface area contributed by atoms with Gasteiger partial charge in [-0.3, -0.25) is 0 Å². The molecule has 0 aromatic rings. The highest BCUT2D eigenvalue weighted by Crippen LogP contribution is 2.27. The molecule has 0 bridgehead atoms. The average Bonchev–Trinajstić information content (AvgIpc) is 2.92. The van der Waals surface area contributed by atoms with Crippen LogP contribution >= 0.6 is 33.8 Å². The van der Waals surface area contributed by atoms with E-state index in [4.69, 9.17) is 33.8 Å². The summed E-state index contributed by atoms with van der Waals surface area (Å²) in [5, 5.41) is 0.176. The Morgan fingerprint density at radius 2 is 0.561 bits per heavy atom. The topological polar surface area (TPSA) is 0 Å². The summed E-state index contributed by atoms with van der Waals surface area (Å²) >= 11 is 18.7. The predicted molar refractivity (Wildman–Crippen MR) is 196 cm³/mol. The quantitative estimate of drug-likeness (QED) is 0.0276. The summed E-state index contributed by atoms with van der Waals surface area (Å²) < 4.78 is 0. The van der Waals surface area contributed by atoms with Crippen LogP contribution in [0.4, 0.5) is 0 Å². The van der Waals surface area contributed by atoms with Gasteiger partial charge in [-0.2, -0.15) is 0 Å². The van der Waals surface area contributed by atoms with Crippen LogP contribution in [0.25, 0.3) is 0 Å². The van der Waals surface area contributed by atoms with Crippen molar-refractivity contribution in [2.24, 2.45) is 0 Å². The first-order valence-electron chi connectivity index (χ1n) is 19.0. The molecule has 0 aliphatic rings. The van der Waals surface area contributed by atoms with Crippen LogP contribution in [0.15, 0.2) is 0 Å². The van der Waals surface area contributed by atoms with E-state index in [1.54, 1.807) is 0 Å². The van der Waals surface area contributed by atoms with E-state index in [0.717, 1.165) is 12.5 Å². The van der Waals surface area contributed by atoms with E-state index in [0.29, 0.717) is 0 Å². The van der Waals surface area contributed by atoms with Crippen LogP contribution in [0, 0.1) is 0 Å². The van der Waals surface area contributed by atoms with Gasteiger partial charge in [0.25, 0.3) is 0 Å². The Bertz CT molecular complexity index is 479. The molecular formula is C37H75Cl3Si. The van der Waals surface area contributed by atoms with E-state index in [-0.39, 0.29) is 5.38 Å². The van der Waals surface area contributed by atoms with Gasteiger partial charge in [-0.05, 0) is 19.0 Å². The average molecular weight is 654 g/mol. The fraction of sp³-hybridized carbons (Fsp3) is 1.00. The van der Waals surface area contributed by atoms with Gasteiger partial charge in [-0.1, -0.05) is 212 Å². The lowest BCUT2D eigenvalue weighted by atomic mass is 10.0. The second-order valence-electron chi connectivity index (χ2n) is 13.6. The Morgan fingerprint density at radius 3 is 0.756 bits per heavy atom. The highest BCUT2D eigenvalue weighted by atomic mass is 35.7. The largest absolute Gasteiger partial charge is 0.249 e. The zero-order chi connectivity index (χ0) is 30.1. The number of hydrogen-bond acceptors (Lipinski definition) is 0. The fourth-order valence-corrected chi connectivity index (χ4v) is 9.89. The highest BCUT2D eigenvalue weighted by Gasteiger charge is 2.24. The zero-order valence-electron chi connectivity index (χ0n) is 28.3. The first kappa shape index (κ1) is 42.1. The summed E-state index contributed by atoms with van der Waals surface area (Å²) in [7, 11) is 0. The number of rotatable bonds is 35. The Labute approximate surface area is 276 Å². The maximum Gasteiger partial charge on any atom is 0.249 e. The van der Waals surface area contributed by atoms with Gasteiger partial charge in [0.15, 0.2) is 0 Å². The monoisotopic (exact) mass is 652 g/mol. The van der Waals surface area contributed by atoms with Gasteiger partial charge in [0.2, 0.25) is 6.69 Å². The van der Waals surface area contributed by atoms with Gasteiger partial charge in [0.1, 0.15) is 0 Å². The van der Waals surface area contributed by atoms with E-state index in [2.05, 4.69) is 6.92 Å². The zero-order valence-corrected chi connectivity index (χ0v) is 31.5. The summed E-state index contributed by atoms with van der Waals surface area (Å²) in [5.74, 6) is 0. The minimum atomic E-state index is -2.03. The Balaban J connectivity index is 3.08. The summed E-state index contributed by atoms with van der Waals surface area (Å²) in [5.41, 5.74) is 0. The van der Waals surface area contributed by atoms with Crippen LogP contribution in [0.5, 0.6) is 0 Å². The Hall–Kier alpha value is 1.09. The summed E-state index contributed by atoms with van der Waals surface area (Å²) in [6, 6.07) is 0.817. The van der Waals surface area contributed by atoms with Crippen molar-refractivity contribution in [3.8, 4) is 0 Å². The second kappa shape index (κ2) is 34.0. The van der Waals surface area contributed by atoms with Gasteiger partial charge >= 0.3 is 0 Å². The molecule has 0 amide bonds. The number of hydrogen-bond donors (Lipinski definition) is 0. The first-order valence-corrected chi connectivity index (χ1v) is 24.1. The van der Waals surface area contributed by atoms with E-state index in [1.807, 2.05) is 6.55 Å². The molecule has 0 aromatic heterocycles. The molecule has 4 heteroatoms. The molecule has 1 unspecified atom stereocenters. The highest BCUT2D eigenvalue weighted by molar-refractivity contribution is 7.45. The van der Waals surface area contributed by atoms with Gasteiger partial charge in [0, 0.05) is 5.38 Å². The molecule has 0 aromatic carbocycles. The molecule has 0 saturated heterocycles. The molecule has 0 saturated carbocycles. The predicted octanol–water partition coefficient (Wildman–Crippen LogP) is 16.0. The molecule has 0 aliphatic carbocycles. The van der Waals surface area contributed by atoms with Crippen LogP contribution in [0.1, 0.15) is 219 Å². The molecule has 0 radical (unpaired) electrons. The molecule has 0 aliphatic heterocycles. The standard InChI is InChI=1S/C37H75Cl3Si/c1-3-4-5-6-7-8-9-10-11-12-13-14-15-16-17-18-19-20-21-22-23-24-25-26-27-28-29-30-31-32-33-34-35-37(38)36-41(2,39)40/h37H,3-36H2,1-2H3. The molecule has 0 heterocycles. The number of halogens is 3. The van der Waals surface area contributed by atoms with Crippen molar-refractivity contribution in [1.82, 2.24) is 0 Å². The Morgan fingerprint density at radius 1 is 0.366 bits per heavy atom. The van der Waals surface area contributed by atoms with E-state index in [1.165, 1.54) is 205 Å². The molecule has 0 rings (SSSR count). The lowest BCUT2D eigenvalue weighted by molar-refractivity contribution is 0.511. The molecule has 0 nitrogen and oxygen atoms in total. The third-order valence-corrected chi connectivity index (χ3v) is 11.7. The lowest BCUT2D eigenvalue weighted by Gasteiger charge is -2.14. The van der Waals surface area contributed by atoms with Crippen molar-refractivity contribution < 1.29 is 0 Å². The third kappa shape index (κ3) is 39.1. The number of alkyl halides is 1. The van der Waals surface area contributed by atoms with E-state index in [9.17, 15) is 0 Å². The lowest BCUT2D eigenvalue weighted by Crippen LogP contribution is -2.18. The van der Waals surface area contributed by atoms with Gasteiger partial charge < -0.3 is 0 Å². The van der Waals surface area contributed by atoms with Crippen molar-refractivity contribution in [3.05, 3.63) is 0 Å². The van der Waals surface area contributed by atoms with Gasteiger partial charge in [-0.15, -0.1) is 33.8 Å². The molecule has 248 valence electrons. The van der Waals surface area contributed by atoms with E-state index < -0.39 is 6.69 Å².